The van der Waals surface area contributed by atoms with Gasteiger partial charge in [0.2, 0.25) is 11.8 Å². The summed E-state index contributed by atoms with van der Waals surface area (Å²) < 4.78 is 0. The molecule has 0 aliphatic rings. The molecule has 0 aliphatic heterocycles. The monoisotopic (exact) mass is 411 g/mol. The van der Waals surface area contributed by atoms with Gasteiger partial charge in [0.05, 0.1) is 0 Å². The maximum absolute atomic E-state index is 12.5. The van der Waals surface area contributed by atoms with Crippen LogP contribution in [0.25, 0.3) is 0 Å². The largest absolute Gasteiger partial charge is 0.370 e. The highest BCUT2D eigenvalue weighted by molar-refractivity contribution is 5.87. The maximum atomic E-state index is 12.5. The van der Waals surface area contributed by atoms with E-state index in [9.17, 15) is 9.59 Å². The molecule has 170 valence electrons. The van der Waals surface area contributed by atoms with E-state index in [1.165, 1.54) is 38.5 Å². The fourth-order valence-corrected chi connectivity index (χ4v) is 3.19. The fourth-order valence-electron chi connectivity index (χ4n) is 3.19. The average molecular weight is 412 g/mol. The van der Waals surface area contributed by atoms with Crippen molar-refractivity contribution in [2.45, 2.75) is 110 Å². The summed E-state index contributed by atoms with van der Waals surface area (Å²) in [5.41, 5.74) is 5.29. The lowest BCUT2D eigenvalue weighted by Gasteiger charge is -2.19. The van der Waals surface area contributed by atoms with Crippen molar-refractivity contribution in [1.29, 1.82) is 5.41 Å². The molecule has 29 heavy (non-hydrogen) atoms. The smallest absolute Gasteiger partial charge is 0.242 e. The highest BCUT2D eigenvalue weighted by atomic mass is 16.2. The van der Waals surface area contributed by atoms with E-state index < -0.39 is 6.04 Å². The number of hydrogen-bond donors (Lipinski definition) is 5. The number of carbonyl (C=O) groups is 2. The van der Waals surface area contributed by atoms with Gasteiger partial charge in [-0.25, -0.2) is 0 Å². The van der Waals surface area contributed by atoms with Crippen LogP contribution in [0.3, 0.4) is 0 Å². The van der Waals surface area contributed by atoms with Gasteiger partial charge in [-0.3, -0.25) is 15.0 Å². The minimum absolute atomic E-state index is 0.0549. The minimum Gasteiger partial charge on any atom is -0.370 e. The lowest BCUT2D eigenvalue weighted by atomic mass is 10.1. The SMILES string of the molecule is CCCCCCCCNC(=O)C(CCCNC(=N)N)NC(=O)CCCCCCC. The molecule has 0 aromatic rings. The van der Waals surface area contributed by atoms with Gasteiger partial charge < -0.3 is 21.7 Å². The predicted octanol–water partition coefficient (Wildman–Crippen LogP) is 3.57. The topological polar surface area (TPSA) is 120 Å². The molecular weight excluding hydrogens is 366 g/mol. The molecule has 2 amide bonds. The summed E-state index contributed by atoms with van der Waals surface area (Å²) in [6.07, 6.45) is 14.2. The zero-order chi connectivity index (χ0) is 21.7. The van der Waals surface area contributed by atoms with Gasteiger partial charge in [-0.15, -0.1) is 0 Å². The zero-order valence-electron chi connectivity index (χ0n) is 18.8. The van der Waals surface area contributed by atoms with Gasteiger partial charge in [-0.1, -0.05) is 71.6 Å². The van der Waals surface area contributed by atoms with E-state index >= 15 is 0 Å². The van der Waals surface area contributed by atoms with Crippen molar-refractivity contribution >= 4 is 17.8 Å². The van der Waals surface area contributed by atoms with E-state index in [1.807, 2.05) is 0 Å². The van der Waals surface area contributed by atoms with Crippen molar-refractivity contribution in [3.8, 4) is 0 Å². The van der Waals surface area contributed by atoms with Gasteiger partial charge in [0.25, 0.3) is 0 Å². The summed E-state index contributed by atoms with van der Waals surface area (Å²) in [5, 5.41) is 15.8. The second kappa shape index (κ2) is 19.5. The third kappa shape index (κ3) is 18.0. The lowest BCUT2D eigenvalue weighted by Crippen LogP contribution is -2.47. The number of unbranched alkanes of at least 4 members (excludes halogenated alkanes) is 9. The van der Waals surface area contributed by atoms with E-state index in [-0.39, 0.29) is 17.8 Å². The summed E-state index contributed by atoms with van der Waals surface area (Å²) in [5.74, 6) is -0.244. The second-order valence-corrected chi connectivity index (χ2v) is 7.83. The zero-order valence-corrected chi connectivity index (χ0v) is 18.8. The predicted molar refractivity (Wildman–Crippen MR) is 121 cm³/mol. The van der Waals surface area contributed by atoms with Gasteiger partial charge >= 0.3 is 0 Å². The summed E-state index contributed by atoms with van der Waals surface area (Å²) in [6.45, 7) is 5.54. The van der Waals surface area contributed by atoms with Crippen molar-refractivity contribution < 1.29 is 9.59 Å². The van der Waals surface area contributed by atoms with Crippen LogP contribution in [0.15, 0.2) is 0 Å². The number of carbonyl (C=O) groups excluding carboxylic acids is 2. The van der Waals surface area contributed by atoms with Crippen LogP contribution in [0.2, 0.25) is 0 Å². The molecule has 0 aliphatic carbocycles. The Hall–Kier alpha value is -1.79. The van der Waals surface area contributed by atoms with E-state index in [4.69, 9.17) is 11.1 Å². The molecule has 1 unspecified atom stereocenters. The van der Waals surface area contributed by atoms with Crippen LogP contribution in [0, 0.1) is 5.41 Å². The summed E-state index contributed by atoms with van der Waals surface area (Å²) in [6, 6.07) is -0.521. The van der Waals surface area contributed by atoms with Crippen molar-refractivity contribution in [3.63, 3.8) is 0 Å². The molecule has 0 spiro atoms. The Labute approximate surface area is 177 Å². The van der Waals surface area contributed by atoms with Crippen LogP contribution in [-0.4, -0.2) is 36.9 Å². The molecule has 0 saturated carbocycles. The first kappa shape index (κ1) is 27.2. The summed E-state index contributed by atoms with van der Waals surface area (Å²) >= 11 is 0. The Morgan fingerprint density at radius 1 is 0.793 bits per heavy atom. The van der Waals surface area contributed by atoms with Crippen LogP contribution in [0.4, 0.5) is 0 Å². The lowest BCUT2D eigenvalue weighted by molar-refractivity contribution is -0.129. The summed E-state index contributed by atoms with van der Waals surface area (Å²) in [7, 11) is 0. The summed E-state index contributed by atoms with van der Waals surface area (Å²) in [4.78, 5) is 24.8. The van der Waals surface area contributed by atoms with Crippen molar-refractivity contribution in [1.82, 2.24) is 16.0 Å². The number of nitrogens with two attached hydrogens (primary N) is 1. The average Bonchev–Trinajstić information content (AvgIpc) is 2.69. The van der Waals surface area contributed by atoms with Crippen LogP contribution >= 0.6 is 0 Å². The van der Waals surface area contributed by atoms with E-state index in [0.717, 1.165) is 32.1 Å². The molecule has 0 saturated heterocycles. The molecule has 6 N–H and O–H groups in total. The minimum atomic E-state index is -0.521. The normalized spacial score (nSPS) is 11.7. The molecule has 0 radical (unpaired) electrons. The van der Waals surface area contributed by atoms with Crippen molar-refractivity contribution in [2.24, 2.45) is 5.73 Å². The number of guanidine groups is 1. The van der Waals surface area contributed by atoms with Crippen molar-refractivity contribution in [3.05, 3.63) is 0 Å². The number of rotatable bonds is 19. The van der Waals surface area contributed by atoms with Crippen LogP contribution < -0.4 is 21.7 Å². The first-order chi connectivity index (χ1) is 14.0. The van der Waals surface area contributed by atoms with Gasteiger partial charge in [0.15, 0.2) is 5.96 Å². The molecule has 7 nitrogen and oxygen atoms in total. The Bertz CT molecular complexity index is 443. The molecule has 0 aromatic carbocycles. The molecule has 1 atom stereocenters. The highest BCUT2D eigenvalue weighted by Crippen LogP contribution is 2.07. The Morgan fingerprint density at radius 2 is 1.34 bits per heavy atom. The van der Waals surface area contributed by atoms with Crippen molar-refractivity contribution in [2.75, 3.05) is 13.1 Å². The molecule has 0 bridgehead atoms. The standard InChI is InChI=1S/C22H45N5O2/c1-3-5-7-9-11-13-17-25-21(29)19(15-14-18-26-22(23)24)27-20(28)16-12-10-8-6-4-2/h19H,3-18H2,1-2H3,(H,25,29)(H,27,28)(H4,23,24,26). The van der Waals surface area contributed by atoms with Crippen LogP contribution in [0.5, 0.6) is 0 Å². The van der Waals surface area contributed by atoms with Gasteiger partial charge in [-0.2, -0.15) is 0 Å². The first-order valence-corrected chi connectivity index (χ1v) is 11.7. The molecule has 0 aromatic heterocycles. The van der Waals surface area contributed by atoms with E-state index in [1.54, 1.807) is 0 Å². The molecule has 0 fully saturated rings. The van der Waals surface area contributed by atoms with Gasteiger partial charge in [0.1, 0.15) is 6.04 Å². The third-order valence-electron chi connectivity index (χ3n) is 4.97. The van der Waals surface area contributed by atoms with E-state index in [0.29, 0.717) is 32.4 Å². The maximum Gasteiger partial charge on any atom is 0.242 e. The Morgan fingerprint density at radius 3 is 1.97 bits per heavy atom. The van der Waals surface area contributed by atoms with Gasteiger partial charge in [0, 0.05) is 19.5 Å². The number of hydrogen-bond acceptors (Lipinski definition) is 3. The number of nitrogens with one attached hydrogen (secondary N) is 4. The molecular formula is C22H45N5O2. The highest BCUT2D eigenvalue weighted by Gasteiger charge is 2.19. The molecule has 0 heterocycles. The van der Waals surface area contributed by atoms with Crippen LogP contribution in [-0.2, 0) is 9.59 Å². The van der Waals surface area contributed by atoms with Gasteiger partial charge in [-0.05, 0) is 25.7 Å². The fraction of sp³-hybridized carbons (Fsp3) is 0.864. The Balaban J connectivity index is 4.26. The number of amides is 2. The van der Waals surface area contributed by atoms with E-state index in [2.05, 4.69) is 29.8 Å². The molecule has 7 heteroatoms. The third-order valence-corrected chi connectivity index (χ3v) is 4.97. The Kier molecular flexibility index (Phi) is 18.3. The molecule has 0 rings (SSSR count). The van der Waals surface area contributed by atoms with Crippen LogP contribution in [0.1, 0.15) is 104 Å². The first-order valence-electron chi connectivity index (χ1n) is 11.7. The quantitative estimate of drug-likeness (QED) is 0.127. The second-order valence-electron chi connectivity index (χ2n) is 7.83.